The smallest absolute Gasteiger partial charge is 0.271 e. The first kappa shape index (κ1) is 19.4. The van der Waals surface area contributed by atoms with Crippen molar-refractivity contribution in [1.82, 2.24) is 34.9 Å². The lowest BCUT2D eigenvalue weighted by Crippen LogP contribution is -2.45. The van der Waals surface area contributed by atoms with Gasteiger partial charge in [0.2, 0.25) is 0 Å². The minimum absolute atomic E-state index is 0.128. The zero-order valence-corrected chi connectivity index (χ0v) is 17.6. The lowest BCUT2D eigenvalue weighted by Gasteiger charge is -2.32. The van der Waals surface area contributed by atoms with E-state index in [1.54, 1.807) is 7.05 Å². The molecule has 9 heteroatoms. The lowest BCUT2D eigenvalue weighted by atomic mass is 9.93. The van der Waals surface area contributed by atoms with Crippen molar-refractivity contribution >= 4 is 17.7 Å². The number of likely N-dealkylation sites (N-methyl/N-ethyl adjacent to an activating group) is 1. The summed E-state index contributed by atoms with van der Waals surface area (Å²) in [7, 11) is 3.82. The number of nitrogens with one attached hydrogen (secondary N) is 1. The molecule has 1 N–H and O–H groups in total. The molecule has 0 aromatic carbocycles. The molecule has 8 nitrogen and oxygen atoms in total. The van der Waals surface area contributed by atoms with E-state index in [0.717, 1.165) is 79.8 Å². The number of hydrogen-bond acceptors (Lipinski definition) is 7. The Morgan fingerprint density at radius 2 is 2.00 bits per heavy atom. The van der Waals surface area contributed by atoms with Crippen LogP contribution in [0.25, 0.3) is 11.4 Å². The maximum atomic E-state index is 12.4. The summed E-state index contributed by atoms with van der Waals surface area (Å²) in [6.45, 7) is 5.99. The maximum absolute atomic E-state index is 12.4. The number of amides is 1. The van der Waals surface area contributed by atoms with E-state index in [2.05, 4.69) is 27.1 Å². The molecule has 0 bridgehead atoms. The van der Waals surface area contributed by atoms with Crippen LogP contribution in [0.4, 0.5) is 0 Å². The summed E-state index contributed by atoms with van der Waals surface area (Å²) in [6.07, 6.45) is 5.54. The molecule has 0 saturated carbocycles. The van der Waals surface area contributed by atoms with Crippen LogP contribution in [0, 0.1) is 0 Å². The zero-order valence-electron chi connectivity index (χ0n) is 16.7. The number of nitrogens with zero attached hydrogens (tertiary/aromatic N) is 6. The van der Waals surface area contributed by atoms with Gasteiger partial charge < -0.3 is 10.2 Å². The molecule has 2 aromatic heterocycles. The SMILES string of the molecule is CNC(=O)c1nn(CCN2CCN(C)CC2)c2c1CCc1cnc(SC)nc1-2. The van der Waals surface area contributed by atoms with Crippen molar-refractivity contribution < 1.29 is 4.79 Å². The Hall–Kier alpha value is -1.97. The Morgan fingerprint density at radius 1 is 1.21 bits per heavy atom. The van der Waals surface area contributed by atoms with Crippen LogP contribution in [0.3, 0.4) is 0 Å². The van der Waals surface area contributed by atoms with Gasteiger partial charge >= 0.3 is 0 Å². The van der Waals surface area contributed by atoms with Gasteiger partial charge in [0, 0.05) is 51.5 Å². The van der Waals surface area contributed by atoms with E-state index in [-0.39, 0.29) is 5.91 Å². The molecule has 28 heavy (non-hydrogen) atoms. The van der Waals surface area contributed by atoms with E-state index in [4.69, 9.17) is 10.1 Å². The molecule has 2 aromatic rings. The van der Waals surface area contributed by atoms with Gasteiger partial charge in [0.25, 0.3) is 5.91 Å². The largest absolute Gasteiger partial charge is 0.354 e. The number of carbonyl (C=O) groups is 1. The highest BCUT2D eigenvalue weighted by atomic mass is 32.2. The normalized spacial score (nSPS) is 17.2. The third-order valence-electron chi connectivity index (χ3n) is 5.61. The topological polar surface area (TPSA) is 79.2 Å². The Kier molecular flexibility index (Phi) is 5.65. The summed E-state index contributed by atoms with van der Waals surface area (Å²) < 4.78 is 1.99. The minimum Gasteiger partial charge on any atom is -0.354 e. The molecule has 0 unspecified atom stereocenters. The zero-order chi connectivity index (χ0) is 19.7. The molecule has 1 aliphatic heterocycles. The fraction of sp³-hybridized carbons (Fsp3) is 0.579. The molecule has 1 fully saturated rings. The van der Waals surface area contributed by atoms with Crippen LogP contribution < -0.4 is 5.32 Å². The predicted octanol–water partition coefficient (Wildman–Crippen LogP) is 0.768. The van der Waals surface area contributed by atoms with Crippen LogP contribution in [-0.2, 0) is 19.4 Å². The van der Waals surface area contributed by atoms with E-state index in [9.17, 15) is 4.79 Å². The van der Waals surface area contributed by atoms with Gasteiger partial charge in [-0.2, -0.15) is 5.10 Å². The van der Waals surface area contributed by atoms with Gasteiger partial charge in [0.15, 0.2) is 10.9 Å². The lowest BCUT2D eigenvalue weighted by molar-refractivity contribution is 0.0956. The van der Waals surface area contributed by atoms with Crippen LogP contribution >= 0.6 is 11.8 Å². The Labute approximate surface area is 169 Å². The number of rotatable bonds is 5. The van der Waals surface area contributed by atoms with Crippen molar-refractivity contribution in [3.8, 4) is 11.4 Å². The first-order valence-electron chi connectivity index (χ1n) is 9.73. The molecule has 4 rings (SSSR count). The van der Waals surface area contributed by atoms with Gasteiger partial charge in [-0.25, -0.2) is 9.97 Å². The number of piperazine rings is 1. The molecule has 1 aliphatic carbocycles. The molecule has 2 aliphatic rings. The van der Waals surface area contributed by atoms with Gasteiger partial charge in [-0.1, -0.05) is 11.8 Å². The summed E-state index contributed by atoms with van der Waals surface area (Å²) in [5, 5.41) is 8.20. The minimum atomic E-state index is -0.128. The first-order chi connectivity index (χ1) is 13.6. The van der Waals surface area contributed by atoms with Crippen LogP contribution in [-0.4, -0.2) is 88.5 Å². The van der Waals surface area contributed by atoms with Crippen LogP contribution in [0.1, 0.15) is 21.6 Å². The molecular weight excluding hydrogens is 374 g/mol. The van der Waals surface area contributed by atoms with Crippen molar-refractivity contribution in [2.24, 2.45) is 0 Å². The maximum Gasteiger partial charge on any atom is 0.271 e. The first-order valence-corrected chi connectivity index (χ1v) is 11.0. The second-order valence-corrected chi connectivity index (χ2v) is 8.13. The molecule has 0 spiro atoms. The molecule has 1 saturated heterocycles. The number of hydrogen-bond donors (Lipinski definition) is 1. The Morgan fingerprint density at radius 3 is 2.71 bits per heavy atom. The predicted molar refractivity (Wildman–Crippen MR) is 110 cm³/mol. The van der Waals surface area contributed by atoms with Gasteiger partial charge in [0.1, 0.15) is 0 Å². The van der Waals surface area contributed by atoms with E-state index in [0.29, 0.717) is 5.69 Å². The van der Waals surface area contributed by atoms with Crippen molar-refractivity contribution in [2.75, 3.05) is 53.1 Å². The standard InChI is InChI=1S/C19H27N7OS/c1-20-18(27)16-14-5-4-13-12-21-19(28-3)22-15(13)17(14)26(23-16)11-10-25-8-6-24(2)7-9-25/h12H,4-11H2,1-3H3,(H,20,27). The molecule has 1 amide bonds. The highest BCUT2D eigenvalue weighted by Crippen LogP contribution is 2.34. The second-order valence-electron chi connectivity index (χ2n) is 7.35. The van der Waals surface area contributed by atoms with E-state index < -0.39 is 0 Å². The van der Waals surface area contributed by atoms with Crippen molar-refractivity contribution in [2.45, 2.75) is 24.5 Å². The summed E-state index contributed by atoms with van der Waals surface area (Å²) in [6, 6.07) is 0. The highest BCUT2D eigenvalue weighted by Gasteiger charge is 2.29. The molecule has 150 valence electrons. The Balaban J connectivity index is 1.68. The monoisotopic (exact) mass is 401 g/mol. The Bertz CT molecular complexity index is 873. The van der Waals surface area contributed by atoms with E-state index >= 15 is 0 Å². The third-order valence-corrected chi connectivity index (χ3v) is 6.17. The number of fused-ring (bicyclic) bond motifs is 3. The summed E-state index contributed by atoms with van der Waals surface area (Å²) >= 11 is 1.53. The molecule has 0 radical (unpaired) electrons. The fourth-order valence-electron chi connectivity index (χ4n) is 3.91. The third kappa shape index (κ3) is 3.66. The van der Waals surface area contributed by atoms with Crippen molar-refractivity contribution in [1.29, 1.82) is 0 Å². The fourth-order valence-corrected chi connectivity index (χ4v) is 4.25. The quantitative estimate of drug-likeness (QED) is 0.585. The van der Waals surface area contributed by atoms with Gasteiger partial charge in [-0.15, -0.1) is 0 Å². The summed E-state index contributed by atoms with van der Waals surface area (Å²) in [4.78, 5) is 26.5. The van der Waals surface area contributed by atoms with Gasteiger partial charge in [0.05, 0.1) is 17.9 Å². The summed E-state index contributed by atoms with van der Waals surface area (Å²) in [5.41, 5.74) is 4.60. The summed E-state index contributed by atoms with van der Waals surface area (Å²) in [5.74, 6) is -0.128. The average Bonchev–Trinajstić information content (AvgIpc) is 3.11. The molecular formula is C19H27N7OS. The highest BCUT2D eigenvalue weighted by molar-refractivity contribution is 7.98. The van der Waals surface area contributed by atoms with Crippen LogP contribution in [0.15, 0.2) is 11.4 Å². The second kappa shape index (κ2) is 8.18. The number of aryl methyl sites for hydroxylation is 1. The van der Waals surface area contributed by atoms with Crippen LogP contribution in [0.2, 0.25) is 0 Å². The molecule has 3 heterocycles. The number of carbonyl (C=O) groups excluding carboxylic acids is 1. The number of aromatic nitrogens is 4. The van der Waals surface area contributed by atoms with E-state index in [1.165, 1.54) is 11.8 Å². The van der Waals surface area contributed by atoms with E-state index in [1.807, 2.05) is 17.1 Å². The van der Waals surface area contributed by atoms with Crippen molar-refractivity contribution in [3.63, 3.8) is 0 Å². The average molecular weight is 402 g/mol. The molecule has 0 atom stereocenters. The van der Waals surface area contributed by atoms with Gasteiger partial charge in [-0.05, 0) is 31.7 Å². The van der Waals surface area contributed by atoms with Gasteiger partial charge in [-0.3, -0.25) is 14.4 Å². The van der Waals surface area contributed by atoms with Crippen LogP contribution in [0.5, 0.6) is 0 Å². The van der Waals surface area contributed by atoms with Crippen molar-refractivity contribution in [3.05, 3.63) is 23.0 Å². The number of thioether (sulfide) groups is 1.